The van der Waals surface area contributed by atoms with Crippen molar-refractivity contribution in [2.45, 2.75) is 27.2 Å². The van der Waals surface area contributed by atoms with Gasteiger partial charge in [0.1, 0.15) is 5.75 Å². The molecule has 0 amide bonds. The maximum atomic E-state index is 8.66. The minimum atomic E-state index is 0.548. The van der Waals surface area contributed by atoms with E-state index >= 15 is 0 Å². The molecule has 0 radical (unpaired) electrons. The summed E-state index contributed by atoms with van der Waals surface area (Å²) in [7, 11) is 0. The zero-order chi connectivity index (χ0) is 12.7. The Labute approximate surface area is 104 Å². The van der Waals surface area contributed by atoms with Gasteiger partial charge in [0.05, 0.1) is 19.1 Å². The van der Waals surface area contributed by atoms with Crippen LogP contribution in [-0.2, 0) is 0 Å². The van der Waals surface area contributed by atoms with Gasteiger partial charge in [-0.3, -0.25) is 0 Å². The molecule has 0 bridgehead atoms. The third-order valence-electron chi connectivity index (χ3n) is 2.71. The van der Waals surface area contributed by atoms with E-state index in [1.165, 1.54) is 5.56 Å². The van der Waals surface area contributed by atoms with E-state index in [1.54, 1.807) is 0 Å². The molecule has 0 aliphatic carbocycles. The van der Waals surface area contributed by atoms with Gasteiger partial charge in [-0.2, -0.15) is 5.26 Å². The van der Waals surface area contributed by atoms with E-state index in [0.29, 0.717) is 13.0 Å². The first-order valence-corrected chi connectivity index (χ1v) is 6.08. The summed E-state index contributed by atoms with van der Waals surface area (Å²) in [6.07, 6.45) is 0.548. The van der Waals surface area contributed by atoms with Crippen LogP contribution < -0.4 is 9.64 Å². The van der Waals surface area contributed by atoms with E-state index in [1.807, 2.05) is 13.0 Å². The number of benzene rings is 1. The number of hydrogen-bond donors (Lipinski definition) is 0. The molecule has 0 saturated carbocycles. The summed E-state index contributed by atoms with van der Waals surface area (Å²) in [4.78, 5) is 2.21. The van der Waals surface area contributed by atoms with Crippen molar-refractivity contribution >= 4 is 5.69 Å². The Morgan fingerprint density at radius 3 is 2.71 bits per heavy atom. The first-order chi connectivity index (χ1) is 8.22. The number of hydrogen-bond acceptors (Lipinski definition) is 3. The minimum Gasteiger partial charge on any atom is -0.494 e. The van der Waals surface area contributed by atoms with Crippen molar-refractivity contribution in [3.8, 4) is 11.8 Å². The van der Waals surface area contributed by atoms with Crippen LogP contribution in [0.15, 0.2) is 18.2 Å². The quantitative estimate of drug-likeness (QED) is 0.756. The zero-order valence-corrected chi connectivity index (χ0v) is 10.9. The smallest absolute Gasteiger partial charge is 0.121 e. The first-order valence-electron chi connectivity index (χ1n) is 6.08. The van der Waals surface area contributed by atoms with Gasteiger partial charge in [-0.15, -0.1) is 0 Å². The molecule has 0 N–H and O–H groups in total. The predicted octanol–water partition coefficient (Wildman–Crippen LogP) is 3.13. The number of aryl methyl sites for hydroxylation is 1. The van der Waals surface area contributed by atoms with Crippen LogP contribution in [0.3, 0.4) is 0 Å². The summed E-state index contributed by atoms with van der Waals surface area (Å²) in [6, 6.07) is 8.30. The van der Waals surface area contributed by atoms with E-state index in [0.717, 1.165) is 24.5 Å². The standard InChI is InChI=1S/C14H20N2O/c1-4-16(10-6-9-15)14-11-13(17-5-2)8-7-12(14)3/h7-8,11H,4-6,10H2,1-3H3. The summed E-state index contributed by atoms with van der Waals surface area (Å²) in [5.41, 5.74) is 2.38. The van der Waals surface area contributed by atoms with Gasteiger partial charge >= 0.3 is 0 Å². The summed E-state index contributed by atoms with van der Waals surface area (Å²) in [5.74, 6) is 0.892. The summed E-state index contributed by atoms with van der Waals surface area (Å²) < 4.78 is 5.51. The maximum absolute atomic E-state index is 8.66. The lowest BCUT2D eigenvalue weighted by Crippen LogP contribution is -2.24. The van der Waals surface area contributed by atoms with Crippen molar-refractivity contribution in [1.82, 2.24) is 0 Å². The summed E-state index contributed by atoms with van der Waals surface area (Å²) in [5, 5.41) is 8.66. The van der Waals surface area contributed by atoms with Crippen molar-refractivity contribution in [2.75, 3.05) is 24.6 Å². The Hall–Kier alpha value is -1.69. The molecule has 3 nitrogen and oxygen atoms in total. The lowest BCUT2D eigenvalue weighted by molar-refractivity contribution is 0.340. The van der Waals surface area contributed by atoms with Gasteiger partial charge in [0.15, 0.2) is 0 Å². The summed E-state index contributed by atoms with van der Waals surface area (Å²) in [6.45, 7) is 8.51. The molecule has 3 heteroatoms. The van der Waals surface area contributed by atoms with E-state index in [2.05, 4.69) is 36.9 Å². The van der Waals surface area contributed by atoms with Gasteiger partial charge in [0.2, 0.25) is 0 Å². The molecule has 0 aliphatic heterocycles. The molecule has 92 valence electrons. The lowest BCUT2D eigenvalue weighted by atomic mass is 10.1. The van der Waals surface area contributed by atoms with Crippen LogP contribution in [0.5, 0.6) is 5.75 Å². The van der Waals surface area contributed by atoms with Crippen molar-refractivity contribution in [3.63, 3.8) is 0 Å². The minimum absolute atomic E-state index is 0.548. The second kappa shape index (κ2) is 6.80. The van der Waals surface area contributed by atoms with Crippen LogP contribution in [0.2, 0.25) is 0 Å². The van der Waals surface area contributed by atoms with E-state index < -0.39 is 0 Å². The van der Waals surface area contributed by atoms with Gasteiger partial charge in [0, 0.05) is 24.8 Å². The predicted molar refractivity (Wildman–Crippen MR) is 70.5 cm³/mol. The molecule has 0 fully saturated rings. The Morgan fingerprint density at radius 2 is 2.12 bits per heavy atom. The van der Waals surface area contributed by atoms with Gasteiger partial charge in [0.25, 0.3) is 0 Å². The molecule has 0 saturated heterocycles. The highest BCUT2D eigenvalue weighted by atomic mass is 16.5. The summed E-state index contributed by atoms with van der Waals surface area (Å²) >= 11 is 0. The fraction of sp³-hybridized carbons (Fsp3) is 0.500. The highest BCUT2D eigenvalue weighted by molar-refractivity contribution is 5.56. The molecular formula is C14H20N2O. The number of nitriles is 1. The van der Waals surface area contributed by atoms with Gasteiger partial charge in [-0.05, 0) is 32.4 Å². The van der Waals surface area contributed by atoms with Crippen LogP contribution in [-0.4, -0.2) is 19.7 Å². The highest BCUT2D eigenvalue weighted by Crippen LogP contribution is 2.25. The molecule has 0 aromatic heterocycles. The number of nitrogens with zero attached hydrogens (tertiary/aromatic N) is 2. The van der Waals surface area contributed by atoms with Crippen LogP contribution in [0, 0.1) is 18.3 Å². The number of rotatable bonds is 6. The van der Waals surface area contributed by atoms with Crippen LogP contribution >= 0.6 is 0 Å². The average molecular weight is 232 g/mol. The molecule has 1 aromatic rings. The average Bonchev–Trinajstić information content (AvgIpc) is 2.34. The molecule has 0 heterocycles. The van der Waals surface area contributed by atoms with E-state index in [9.17, 15) is 0 Å². The molecular weight excluding hydrogens is 212 g/mol. The largest absolute Gasteiger partial charge is 0.494 e. The Morgan fingerprint density at radius 1 is 1.35 bits per heavy atom. The van der Waals surface area contributed by atoms with Crippen molar-refractivity contribution < 1.29 is 4.74 Å². The molecule has 0 unspecified atom stereocenters. The molecule has 0 atom stereocenters. The molecule has 1 aromatic carbocycles. The third-order valence-corrected chi connectivity index (χ3v) is 2.71. The van der Waals surface area contributed by atoms with E-state index in [-0.39, 0.29) is 0 Å². The Balaban J connectivity index is 2.92. The lowest BCUT2D eigenvalue weighted by Gasteiger charge is -2.24. The maximum Gasteiger partial charge on any atom is 0.121 e. The van der Waals surface area contributed by atoms with Crippen LogP contribution in [0.25, 0.3) is 0 Å². The van der Waals surface area contributed by atoms with Crippen molar-refractivity contribution in [1.29, 1.82) is 5.26 Å². The van der Waals surface area contributed by atoms with Crippen molar-refractivity contribution in [3.05, 3.63) is 23.8 Å². The normalized spacial score (nSPS) is 9.76. The number of ether oxygens (including phenoxy) is 1. The highest BCUT2D eigenvalue weighted by Gasteiger charge is 2.08. The SMILES string of the molecule is CCOc1ccc(C)c(N(CC)CCC#N)c1. The van der Waals surface area contributed by atoms with Gasteiger partial charge in [-0.1, -0.05) is 6.07 Å². The molecule has 0 spiro atoms. The third kappa shape index (κ3) is 3.67. The fourth-order valence-electron chi connectivity index (χ4n) is 1.82. The van der Waals surface area contributed by atoms with Crippen molar-refractivity contribution in [2.24, 2.45) is 0 Å². The monoisotopic (exact) mass is 232 g/mol. The topological polar surface area (TPSA) is 36.3 Å². The van der Waals surface area contributed by atoms with Gasteiger partial charge < -0.3 is 9.64 Å². The Kier molecular flexibility index (Phi) is 5.35. The number of anilines is 1. The van der Waals surface area contributed by atoms with Crippen LogP contribution in [0.1, 0.15) is 25.8 Å². The van der Waals surface area contributed by atoms with Gasteiger partial charge in [-0.25, -0.2) is 0 Å². The molecule has 1 rings (SSSR count). The van der Waals surface area contributed by atoms with E-state index in [4.69, 9.17) is 10.00 Å². The second-order valence-electron chi connectivity index (χ2n) is 3.87. The molecule has 0 aliphatic rings. The first kappa shape index (κ1) is 13.4. The second-order valence-corrected chi connectivity index (χ2v) is 3.87. The Bertz CT molecular complexity index is 396. The van der Waals surface area contributed by atoms with Crippen LogP contribution in [0.4, 0.5) is 5.69 Å². The zero-order valence-electron chi connectivity index (χ0n) is 10.9. The molecule has 17 heavy (non-hydrogen) atoms. The fourth-order valence-corrected chi connectivity index (χ4v) is 1.82.